The van der Waals surface area contributed by atoms with Crippen molar-refractivity contribution in [2.24, 2.45) is 0 Å². The maximum Gasteiger partial charge on any atom is 0.337 e. The Bertz CT molecular complexity index is 413. The smallest absolute Gasteiger partial charge is 0.337 e. The molecule has 0 aliphatic carbocycles. The predicted octanol–water partition coefficient (Wildman–Crippen LogP) is 2.38. The average molecular weight is 221 g/mol. The number of carboxylic acid groups (broad SMARTS) is 1. The van der Waals surface area contributed by atoms with Gasteiger partial charge in [-0.25, -0.2) is 4.79 Å². The van der Waals surface area contributed by atoms with Crippen LogP contribution < -0.4 is 10.1 Å². The third-order valence-electron chi connectivity index (χ3n) is 2.04. The van der Waals surface area contributed by atoms with Gasteiger partial charge in [0.25, 0.3) is 0 Å². The van der Waals surface area contributed by atoms with Crippen molar-refractivity contribution in [1.29, 1.82) is 0 Å². The molecular weight excluding hydrogens is 206 g/mol. The number of hydrogen-bond donors (Lipinski definition) is 2. The van der Waals surface area contributed by atoms with Crippen molar-refractivity contribution in [2.75, 3.05) is 19.0 Å². The molecule has 16 heavy (non-hydrogen) atoms. The minimum Gasteiger partial charge on any atom is -0.497 e. The van der Waals surface area contributed by atoms with E-state index in [2.05, 4.69) is 11.9 Å². The molecule has 0 atom stereocenters. The Labute approximate surface area is 94.6 Å². The van der Waals surface area contributed by atoms with E-state index in [1.54, 1.807) is 12.1 Å². The molecule has 86 valence electrons. The highest BCUT2D eigenvalue weighted by molar-refractivity contribution is 5.94. The highest BCUT2D eigenvalue weighted by atomic mass is 16.5. The lowest BCUT2D eigenvalue weighted by molar-refractivity contribution is 0.0698. The average Bonchev–Trinajstić information content (AvgIpc) is 2.25. The van der Waals surface area contributed by atoms with Gasteiger partial charge in [0.15, 0.2) is 0 Å². The summed E-state index contributed by atoms with van der Waals surface area (Å²) >= 11 is 0. The molecule has 0 saturated heterocycles. The zero-order chi connectivity index (χ0) is 12.1. The summed E-state index contributed by atoms with van der Waals surface area (Å²) in [7, 11) is 1.54. The van der Waals surface area contributed by atoms with Gasteiger partial charge >= 0.3 is 5.97 Å². The van der Waals surface area contributed by atoms with Crippen LogP contribution in [0.3, 0.4) is 0 Å². The van der Waals surface area contributed by atoms with Gasteiger partial charge in [0.05, 0.1) is 18.4 Å². The normalized spacial score (nSPS) is 9.62. The highest BCUT2D eigenvalue weighted by Gasteiger charge is 2.10. The summed E-state index contributed by atoms with van der Waals surface area (Å²) in [5, 5.41) is 12.0. The van der Waals surface area contributed by atoms with Gasteiger partial charge < -0.3 is 15.2 Å². The zero-order valence-electron chi connectivity index (χ0n) is 9.41. The first-order chi connectivity index (χ1) is 7.54. The molecule has 0 aliphatic rings. The fourth-order valence-electron chi connectivity index (χ4n) is 1.23. The van der Waals surface area contributed by atoms with Crippen molar-refractivity contribution in [3.05, 3.63) is 35.9 Å². The van der Waals surface area contributed by atoms with Crippen molar-refractivity contribution >= 4 is 11.7 Å². The van der Waals surface area contributed by atoms with E-state index in [1.807, 2.05) is 6.92 Å². The number of anilines is 1. The van der Waals surface area contributed by atoms with E-state index in [9.17, 15) is 4.79 Å². The molecule has 0 saturated carbocycles. The first-order valence-corrected chi connectivity index (χ1v) is 4.84. The Balaban J connectivity index is 3.00. The number of hydrogen-bond acceptors (Lipinski definition) is 3. The summed E-state index contributed by atoms with van der Waals surface area (Å²) in [6, 6.07) is 4.80. The lowest BCUT2D eigenvalue weighted by atomic mass is 10.1. The third-order valence-corrected chi connectivity index (χ3v) is 2.04. The number of benzene rings is 1. The SMILES string of the molecule is C=C(C)CNc1cc(OC)ccc1C(=O)O. The first-order valence-electron chi connectivity index (χ1n) is 4.84. The van der Waals surface area contributed by atoms with E-state index in [1.165, 1.54) is 13.2 Å². The molecule has 0 aromatic heterocycles. The molecule has 0 heterocycles. The molecule has 2 N–H and O–H groups in total. The second-order valence-corrected chi connectivity index (χ2v) is 3.53. The number of methoxy groups -OCH3 is 1. The molecule has 1 rings (SSSR count). The topological polar surface area (TPSA) is 58.6 Å². The molecule has 0 amide bonds. The molecule has 1 aromatic rings. The van der Waals surface area contributed by atoms with Crippen molar-refractivity contribution in [3.63, 3.8) is 0 Å². The number of aromatic carboxylic acids is 1. The van der Waals surface area contributed by atoms with Crippen LogP contribution in [0.15, 0.2) is 30.4 Å². The summed E-state index contributed by atoms with van der Waals surface area (Å²) in [5.41, 5.74) is 1.69. The van der Waals surface area contributed by atoms with Gasteiger partial charge in [0.2, 0.25) is 0 Å². The summed E-state index contributed by atoms with van der Waals surface area (Å²) in [5.74, 6) is -0.346. The van der Waals surface area contributed by atoms with E-state index in [0.717, 1.165) is 5.57 Å². The van der Waals surface area contributed by atoms with Crippen molar-refractivity contribution in [2.45, 2.75) is 6.92 Å². The molecule has 0 bridgehead atoms. The van der Waals surface area contributed by atoms with Crippen LogP contribution in [0, 0.1) is 0 Å². The maximum atomic E-state index is 11.0. The Morgan fingerprint density at radius 3 is 2.75 bits per heavy atom. The van der Waals surface area contributed by atoms with Crippen molar-refractivity contribution in [1.82, 2.24) is 0 Å². The number of ether oxygens (including phenoxy) is 1. The molecule has 0 aliphatic heterocycles. The largest absolute Gasteiger partial charge is 0.497 e. The minimum absolute atomic E-state index is 0.224. The van der Waals surface area contributed by atoms with E-state index < -0.39 is 5.97 Å². The minimum atomic E-state index is -0.966. The van der Waals surface area contributed by atoms with E-state index >= 15 is 0 Å². The number of carboxylic acids is 1. The summed E-state index contributed by atoms with van der Waals surface area (Å²) < 4.78 is 5.04. The number of nitrogens with one attached hydrogen (secondary N) is 1. The number of rotatable bonds is 5. The van der Waals surface area contributed by atoms with Gasteiger partial charge in [0, 0.05) is 12.6 Å². The molecule has 4 nitrogen and oxygen atoms in total. The Kier molecular flexibility index (Phi) is 3.94. The van der Waals surface area contributed by atoms with Gasteiger partial charge in [-0.1, -0.05) is 12.2 Å². The Hall–Kier alpha value is -1.97. The van der Waals surface area contributed by atoms with Crippen molar-refractivity contribution in [3.8, 4) is 5.75 Å². The van der Waals surface area contributed by atoms with E-state index in [4.69, 9.17) is 9.84 Å². The summed E-state index contributed by atoms with van der Waals surface area (Å²) in [4.78, 5) is 11.0. The number of carbonyl (C=O) groups is 1. The monoisotopic (exact) mass is 221 g/mol. The van der Waals surface area contributed by atoms with Crippen LogP contribution in [0.1, 0.15) is 17.3 Å². The standard InChI is InChI=1S/C12H15NO3/c1-8(2)7-13-11-6-9(16-3)4-5-10(11)12(14)15/h4-6,13H,1,7H2,2-3H3,(H,14,15). The predicted molar refractivity (Wildman–Crippen MR) is 63.3 cm³/mol. The third kappa shape index (κ3) is 3.02. The fourth-order valence-corrected chi connectivity index (χ4v) is 1.23. The second kappa shape index (κ2) is 5.21. The molecule has 1 aromatic carbocycles. The summed E-state index contributed by atoms with van der Waals surface area (Å²) in [6.45, 7) is 6.15. The Morgan fingerprint density at radius 1 is 1.56 bits per heavy atom. The van der Waals surface area contributed by atoms with Gasteiger partial charge in [-0.3, -0.25) is 0 Å². The summed E-state index contributed by atoms with van der Waals surface area (Å²) in [6.07, 6.45) is 0. The van der Waals surface area contributed by atoms with E-state index in [0.29, 0.717) is 18.0 Å². The molecule has 4 heteroatoms. The van der Waals surface area contributed by atoms with Crippen LogP contribution in [-0.4, -0.2) is 24.7 Å². The highest BCUT2D eigenvalue weighted by Crippen LogP contribution is 2.22. The molecule has 0 fully saturated rings. The van der Waals surface area contributed by atoms with Crippen LogP contribution in [0.4, 0.5) is 5.69 Å². The lowest BCUT2D eigenvalue weighted by Gasteiger charge is -2.11. The fraction of sp³-hybridized carbons (Fsp3) is 0.250. The van der Waals surface area contributed by atoms with Crippen LogP contribution in [-0.2, 0) is 0 Å². The molecule has 0 spiro atoms. The van der Waals surface area contributed by atoms with Crippen LogP contribution in [0.2, 0.25) is 0 Å². The maximum absolute atomic E-state index is 11.0. The quantitative estimate of drug-likeness (QED) is 0.749. The van der Waals surface area contributed by atoms with Crippen LogP contribution in [0.25, 0.3) is 0 Å². The van der Waals surface area contributed by atoms with Crippen LogP contribution in [0.5, 0.6) is 5.75 Å². The molecular formula is C12H15NO3. The second-order valence-electron chi connectivity index (χ2n) is 3.53. The molecule has 0 radical (unpaired) electrons. The first kappa shape index (κ1) is 12.1. The Morgan fingerprint density at radius 2 is 2.25 bits per heavy atom. The van der Waals surface area contributed by atoms with Gasteiger partial charge in [-0.2, -0.15) is 0 Å². The van der Waals surface area contributed by atoms with Gasteiger partial charge in [-0.15, -0.1) is 0 Å². The molecule has 0 unspecified atom stereocenters. The van der Waals surface area contributed by atoms with Crippen molar-refractivity contribution < 1.29 is 14.6 Å². The van der Waals surface area contributed by atoms with Gasteiger partial charge in [-0.05, 0) is 19.1 Å². The lowest BCUT2D eigenvalue weighted by Crippen LogP contribution is -2.08. The zero-order valence-corrected chi connectivity index (χ0v) is 9.41. The van der Waals surface area contributed by atoms with Crippen LogP contribution >= 0.6 is 0 Å². The van der Waals surface area contributed by atoms with E-state index in [-0.39, 0.29) is 5.56 Å². The van der Waals surface area contributed by atoms with Gasteiger partial charge in [0.1, 0.15) is 5.75 Å².